The van der Waals surface area contributed by atoms with Gasteiger partial charge in [-0.05, 0) is 41.5 Å². The maximum absolute atomic E-state index is 14.1. The van der Waals surface area contributed by atoms with Crippen LogP contribution in [0.3, 0.4) is 0 Å². The lowest BCUT2D eigenvalue weighted by molar-refractivity contribution is 0.230. The molecule has 31 heavy (non-hydrogen) atoms. The summed E-state index contributed by atoms with van der Waals surface area (Å²) in [5.74, 6) is -0.108. The minimum atomic E-state index is -0.763. The largest absolute Gasteiger partial charge is 0.474 e. The monoisotopic (exact) mass is 416 g/mol. The lowest BCUT2D eigenvalue weighted by atomic mass is 9.91. The molecule has 0 saturated carbocycles. The van der Waals surface area contributed by atoms with Gasteiger partial charge in [0.2, 0.25) is 5.90 Å². The molecular formula is C24H18F2N4O. The molecule has 5 rings (SSSR count). The summed E-state index contributed by atoms with van der Waals surface area (Å²) in [5.41, 5.74) is 2.15. The van der Waals surface area contributed by atoms with E-state index in [4.69, 9.17) is 9.73 Å². The van der Waals surface area contributed by atoms with Gasteiger partial charge in [-0.25, -0.2) is 18.8 Å². The Morgan fingerprint density at radius 1 is 0.903 bits per heavy atom. The highest BCUT2D eigenvalue weighted by atomic mass is 19.1. The van der Waals surface area contributed by atoms with Gasteiger partial charge in [-0.2, -0.15) is 5.10 Å². The van der Waals surface area contributed by atoms with Crippen molar-refractivity contribution in [1.29, 1.82) is 0 Å². The van der Waals surface area contributed by atoms with Crippen LogP contribution in [0.4, 0.5) is 8.78 Å². The van der Waals surface area contributed by atoms with Gasteiger partial charge >= 0.3 is 0 Å². The van der Waals surface area contributed by atoms with Crippen LogP contribution in [-0.4, -0.2) is 27.3 Å². The molecule has 1 aliphatic rings. The fourth-order valence-electron chi connectivity index (χ4n) is 3.74. The van der Waals surface area contributed by atoms with Crippen LogP contribution >= 0.6 is 0 Å². The van der Waals surface area contributed by atoms with E-state index in [1.54, 1.807) is 41.3 Å². The van der Waals surface area contributed by atoms with Gasteiger partial charge in [0.25, 0.3) is 0 Å². The van der Waals surface area contributed by atoms with Crippen LogP contribution < -0.4 is 0 Å². The van der Waals surface area contributed by atoms with E-state index in [1.807, 2.05) is 24.3 Å². The summed E-state index contributed by atoms with van der Waals surface area (Å²) in [6.07, 6.45) is 3.07. The lowest BCUT2D eigenvalue weighted by Crippen LogP contribution is -2.31. The zero-order valence-corrected chi connectivity index (χ0v) is 16.5. The number of aromatic nitrogens is 3. The molecule has 0 fully saturated rings. The number of hydrogen-bond donors (Lipinski definition) is 0. The van der Waals surface area contributed by atoms with Crippen LogP contribution in [0.5, 0.6) is 0 Å². The third-order valence-corrected chi connectivity index (χ3v) is 5.35. The van der Waals surface area contributed by atoms with Crippen molar-refractivity contribution in [3.05, 3.63) is 108 Å². The van der Waals surface area contributed by atoms with Gasteiger partial charge in [0, 0.05) is 11.1 Å². The smallest absolute Gasteiger partial charge is 0.217 e. The Kier molecular flexibility index (Phi) is 4.78. The molecule has 0 amide bonds. The normalized spacial score (nSPS) is 17.9. The van der Waals surface area contributed by atoms with Crippen molar-refractivity contribution < 1.29 is 13.5 Å². The van der Waals surface area contributed by atoms with Crippen molar-refractivity contribution in [2.45, 2.75) is 12.1 Å². The molecule has 1 unspecified atom stereocenters. The van der Waals surface area contributed by atoms with Gasteiger partial charge in [-0.15, -0.1) is 0 Å². The van der Waals surface area contributed by atoms with E-state index in [-0.39, 0.29) is 18.2 Å². The fourth-order valence-corrected chi connectivity index (χ4v) is 3.74. The first-order chi connectivity index (χ1) is 15.1. The first-order valence-corrected chi connectivity index (χ1v) is 9.79. The summed E-state index contributed by atoms with van der Waals surface area (Å²) in [6, 6.07) is 20.3. The molecule has 1 atom stereocenters. The minimum absolute atomic E-state index is 0.270. The van der Waals surface area contributed by atoms with Crippen LogP contribution in [0, 0.1) is 11.6 Å². The second-order valence-corrected chi connectivity index (χ2v) is 7.39. The van der Waals surface area contributed by atoms with E-state index in [1.165, 1.54) is 24.5 Å². The highest BCUT2D eigenvalue weighted by Crippen LogP contribution is 2.34. The summed E-state index contributed by atoms with van der Waals surface area (Å²) in [4.78, 5) is 8.89. The van der Waals surface area contributed by atoms with Crippen LogP contribution in [0.2, 0.25) is 0 Å². The Morgan fingerprint density at radius 2 is 1.65 bits per heavy atom. The third-order valence-electron chi connectivity index (χ3n) is 5.35. The molecule has 0 aliphatic carbocycles. The van der Waals surface area contributed by atoms with E-state index in [0.717, 1.165) is 16.7 Å². The summed E-state index contributed by atoms with van der Waals surface area (Å²) >= 11 is 0. The van der Waals surface area contributed by atoms with Crippen LogP contribution in [0.25, 0.3) is 11.1 Å². The molecular weight excluding hydrogens is 398 g/mol. The van der Waals surface area contributed by atoms with Gasteiger partial charge in [-0.1, -0.05) is 42.5 Å². The van der Waals surface area contributed by atoms with E-state index in [9.17, 15) is 8.78 Å². The van der Waals surface area contributed by atoms with E-state index in [0.29, 0.717) is 18.0 Å². The Morgan fingerprint density at radius 3 is 2.35 bits per heavy atom. The van der Waals surface area contributed by atoms with E-state index >= 15 is 0 Å². The molecule has 4 aromatic rings. The number of aliphatic imine (C=N–C) groups is 1. The Labute approximate surface area is 177 Å². The van der Waals surface area contributed by atoms with Gasteiger partial charge in [0.05, 0.1) is 6.54 Å². The Bertz CT molecular complexity index is 1220. The minimum Gasteiger partial charge on any atom is -0.474 e. The summed E-state index contributed by atoms with van der Waals surface area (Å²) in [7, 11) is 0. The first-order valence-electron chi connectivity index (χ1n) is 9.79. The number of hydrogen-bond acceptors (Lipinski definition) is 4. The zero-order chi connectivity index (χ0) is 21.3. The predicted molar refractivity (Wildman–Crippen MR) is 112 cm³/mol. The quantitative estimate of drug-likeness (QED) is 0.478. The Balaban J connectivity index is 1.50. The molecule has 1 aliphatic heterocycles. The third kappa shape index (κ3) is 3.70. The number of rotatable bonds is 5. The molecule has 154 valence electrons. The highest BCUT2D eigenvalue weighted by Gasteiger charge is 2.40. The van der Waals surface area contributed by atoms with E-state index < -0.39 is 5.54 Å². The topological polar surface area (TPSA) is 52.3 Å². The number of nitrogens with zero attached hydrogens (tertiary/aromatic N) is 4. The second kappa shape index (κ2) is 7.75. The molecule has 3 aromatic carbocycles. The van der Waals surface area contributed by atoms with Gasteiger partial charge in [-0.3, -0.25) is 4.68 Å². The Hall–Kier alpha value is -3.87. The molecule has 7 heteroatoms. The van der Waals surface area contributed by atoms with Crippen molar-refractivity contribution in [3.8, 4) is 11.1 Å². The van der Waals surface area contributed by atoms with Crippen molar-refractivity contribution in [2.75, 3.05) is 6.61 Å². The molecule has 1 aromatic heterocycles. The lowest BCUT2D eigenvalue weighted by Gasteiger charge is -2.24. The number of ether oxygens (including phenoxy) is 1. The first kappa shape index (κ1) is 19.1. The van der Waals surface area contributed by atoms with Gasteiger partial charge in [0.15, 0.2) is 0 Å². The van der Waals surface area contributed by atoms with Crippen molar-refractivity contribution in [2.24, 2.45) is 4.99 Å². The zero-order valence-electron chi connectivity index (χ0n) is 16.5. The average Bonchev–Trinajstić information content (AvgIpc) is 3.46. The molecule has 0 saturated heterocycles. The second-order valence-electron chi connectivity index (χ2n) is 7.39. The van der Waals surface area contributed by atoms with Gasteiger partial charge in [0.1, 0.15) is 36.4 Å². The standard InChI is InChI=1S/C24H18F2N4O/c25-20-11-9-19(10-12-20)24(13-30-16-27-15-28-30)14-31-23(29-24)18-7-5-17(6-8-18)21-3-1-2-4-22(21)26/h1-12,15-16H,13-14H2. The predicted octanol–water partition coefficient (Wildman–Crippen LogP) is 4.60. The van der Waals surface area contributed by atoms with E-state index in [2.05, 4.69) is 10.1 Å². The van der Waals surface area contributed by atoms with Crippen LogP contribution in [0.1, 0.15) is 11.1 Å². The van der Waals surface area contributed by atoms with Gasteiger partial charge < -0.3 is 4.74 Å². The highest BCUT2D eigenvalue weighted by molar-refractivity contribution is 5.96. The summed E-state index contributed by atoms with van der Waals surface area (Å²) in [5, 5.41) is 4.19. The maximum Gasteiger partial charge on any atom is 0.217 e. The molecule has 5 nitrogen and oxygen atoms in total. The van der Waals surface area contributed by atoms with Crippen molar-refractivity contribution in [1.82, 2.24) is 14.8 Å². The maximum atomic E-state index is 14.1. The van der Waals surface area contributed by atoms with Crippen molar-refractivity contribution in [3.63, 3.8) is 0 Å². The molecule has 0 radical (unpaired) electrons. The molecule has 0 N–H and O–H groups in total. The summed E-state index contributed by atoms with van der Waals surface area (Å²) < 4.78 is 35.2. The average molecular weight is 416 g/mol. The number of benzene rings is 3. The number of halogens is 2. The molecule has 2 heterocycles. The van der Waals surface area contributed by atoms with Crippen LogP contribution in [0.15, 0.2) is 90.4 Å². The molecule has 0 bridgehead atoms. The SMILES string of the molecule is Fc1ccc(C2(Cn3cncn3)COC(c3ccc(-c4ccccc4F)cc3)=N2)cc1. The van der Waals surface area contributed by atoms with Crippen LogP contribution in [-0.2, 0) is 16.8 Å². The molecule has 0 spiro atoms. The van der Waals surface area contributed by atoms with Crippen molar-refractivity contribution >= 4 is 5.90 Å². The fraction of sp³-hybridized carbons (Fsp3) is 0.125. The summed E-state index contributed by atoms with van der Waals surface area (Å²) in [6.45, 7) is 0.679.